The monoisotopic (exact) mass is 349 g/mol. The zero-order chi connectivity index (χ0) is 18.0. The first-order valence-electron chi connectivity index (χ1n) is 8.43. The third-order valence-corrected chi connectivity index (χ3v) is 6.01. The smallest absolute Gasteiger partial charge is 0.126 e. The summed E-state index contributed by atoms with van der Waals surface area (Å²) in [6, 6.07) is 20.9. The lowest BCUT2D eigenvalue weighted by Gasteiger charge is -2.24. The Hall–Kier alpha value is -2.31. The maximum atomic E-state index is 10.5. The highest BCUT2D eigenvalue weighted by atomic mass is 31.1. The van der Waals surface area contributed by atoms with Gasteiger partial charge in [0.25, 0.3) is 0 Å². The normalized spacial score (nSPS) is 11.2. The molecule has 128 valence electrons. The van der Waals surface area contributed by atoms with E-state index in [-0.39, 0.29) is 0 Å². The Balaban J connectivity index is 2.06. The third kappa shape index (κ3) is 3.70. The largest absolute Gasteiger partial charge is 0.507 e. The summed E-state index contributed by atoms with van der Waals surface area (Å²) in [5.74, 6) is 0.417. The molecule has 3 heteroatoms. The van der Waals surface area contributed by atoms with Gasteiger partial charge in [-0.05, 0) is 61.7 Å². The number of nitrogens with zero attached hydrogens (tertiary/aromatic N) is 1. The number of hydrogen-bond donors (Lipinski definition) is 1. The quantitative estimate of drug-likeness (QED) is 0.689. The molecular formula is C22H24NOP. The van der Waals surface area contributed by atoms with E-state index < -0.39 is 0 Å². The van der Waals surface area contributed by atoms with Crippen LogP contribution in [0.25, 0.3) is 0 Å². The molecule has 0 amide bonds. The van der Waals surface area contributed by atoms with Crippen molar-refractivity contribution in [3.8, 4) is 5.75 Å². The first kappa shape index (κ1) is 17.5. The molecule has 1 N–H and O–H groups in total. The predicted molar refractivity (Wildman–Crippen MR) is 111 cm³/mol. The standard InChI is InChI=1S/C22H24NOP/c1-15-13-17(3)21(24)20(14-15)25-22-16(2)9-8-12-19(22)23(4)18-10-6-5-7-11-18/h5-14,24-25H,1-4H3. The molecule has 3 rings (SSSR count). The van der Waals surface area contributed by atoms with Gasteiger partial charge < -0.3 is 10.0 Å². The molecule has 0 saturated heterocycles. The van der Waals surface area contributed by atoms with Crippen LogP contribution in [-0.4, -0.2) is 12.2 Å². The number of aryl methyl sites for hydroxylation is 3. The molecule has 0 spiro atoms. The predicted octanol–water partition coefficient (Wildman–Crippen LogP) is 4.71. The Morgan fingerprint density at radius 1 is 0.840 bits per heavy atom. The van der Waals surface area contributed by atoms with Gasteiger partial charge in [0.05, 0.1) is 0 Å². The van der Waals surface area contributed by atoms with E-state index in [2.05, 4.69) is 74.3 Å². The summed E-state index contributed by atoms with van der Waals surface area (Å²) >= 11 is 0. The van der Waals surface area contributed by atoms with E-state index in [0.29, 0.717) is 14.3 Å². The Morgan fingerprint density at radius 3 is 2.28 bits per heavy atom. The lowest BCUT2D eigenvalue weighted by molar-refractivity contribution is 0.475. The van der Waals surface area contributed by atoms with E-state index in [1.807, 2.05) is 19.1 Å². The maximum Gasteiger partial charge on any atom is 0.126 e. The van der Waals surface area contributed by atoms with Crippen molar-refractivity contribution in [3.63, 3.8) is 0 Å². The van der Waals surface area contributed by atoms with E-state index in [9.17, 15) is 5.11 Å². The number of phenols is 1. The number of phenolic OH excluding ortho intramolecular Hbond substituents is 1. The third-order valence-electron chi connectivity index (χ3n) is 4.46. The highest BCUT2D eigenvalue weighted by Crippen LogP contribution is 2.30. The highest BCUT2D eigenvalue weighted by molar-refractivity contribution is 7.56. The minimum absolute atomic E-state index is 0.412. The Labute approximate surface area is 151 Å². The first-order valence-corrected chi connectivity index (χ1v) is 9.43. The van der Waals surface area contributed by atoms with Crippen LogP contribution in [0.4, 0.5) is 11.4 Å². The molecule has 0 fully saturated rings. The van der Waals surface area contributed by atoms with Gasteiger partial charge in [0.15, 0.2) is 0 Å². The van der Waals surface area contributed by atoms with Crippen LogP contribution in [0, 0.1) is 20.8 Å². The van der Waals surface area contributed by atoms with Gasteiger partial charge in [-0.25, -0.2) is 0 Å². The molecule has 25 heavy (non-hydrogen) atoms. The lowest BCUT2D eigenvalue weighted by Crippen LogP contribution is -2.20. The van der Waals surface area contributed by atoms with E-state index in [4.69, 9.17) is 0 Å². The van der Waals surface area contributed by atoms with E-state index >= 15 is 0 Å². The zero-order valence-electron chi connectivity index (χ0n) is 15.2. The summed E-state index contributed by atoms with van der Waals surface area (Å²) in [7, 11) is 2.51. The van der Waals surface area contributed by atoms with Crippen molar-refractivity contribution in [1.82, 2.24) is 0 Å². The Morgan fingerprint density at radius 2 is 1.56 bits per heavy atom. The summed E-state index contributed by atoms with van der Waals surface area (Å²) in [6.07, 6.45) is 0. The summed E-state index contributed by atoms with van der Waals surface area (Å²) in [5, 5.41) is 12.8. The lowest BCUT2D eigenvalue weighted by atomic mass is 10.1. The molecule has 0 heterocycles. The molecule has 0 aromatic heterocycles. The number of para-hydroxylation sites is 1. The zero-order valence-corrected chi connectivity index (χ0v) is 16.2. The molecule has 3 aromatic rings. The second kappa shape index (κ2) is 7.29. The van der Waals surface area contributed by atoms with Crippen molar-refractivity contribution in [2.24, 2.45) is 0 Å². The van der Waals surface area contributed by atoms with Crippen molar-refractivity contribution in [3.05, 3.63) is 77.4 Å². The second-order valence-electron chi connectivity index (χ2n) is 6.47. The molecule has 0 radical (unpaired) electrons. The Kier molecular flexibility index (Phi) is 5.11. The van der Waals surface area contributed by atoms with Crippen LogP contribution in [0.15, 0.2) is 60.7 Å². The van der Waals surface area contributed by atoms with Crippen LogP contribution in [0.3, 0.4) is 0 Å². The average molecular weight is 349 g/mol. The fraction of sp³-hybridized carbons (Fsp3) is 0.182. The van der Waals surface area contributed by atoms with Gasteiger partial charge in [-0.3, -0.25) is 0 Å². The van der Waals surface area contributed by atoms with Crippen LogP contribution in [0.5, 0.6) is 5.75 Å². The molecule has 1 atom stereocenters. The van der Waals surface area contributed by atoms with Crippen LogP contribution in [0.1, 0.15) is 16.7 Å². The number of hydrogen-bond acceptors (Lipinski definition) is 2. The first-order chi connectivity index (χ1) is 12.0. The molecule has 0 bridgehead atoms. The van der Waals surface area contributed by atoms with E-state index in [1.54, 1.807) is 0 Å². The van der Waals surface area contributed by atoms with Gasteiger partial charge >= 0.3 is 0 Å². The van der Waals surface area contributed by atoms with Crippen molar-refractivity contribution < 1.29 is 5.11 Å². The average Bonchev–Trinajstić information content (AvgIpc) is 2.61. The fourth-order valence-electron chi connectivity index (χ4n) is 3.08. The molecule has 1 unspecified atom stereocenters. The fourth-order valence-corrected chi connectivity index (χ4v) is 4.62. The molecule has 3 aromatic carbocycles. The molecule has 0 aliphatic rings. The van der Waals surface area contributed by atoms with Crippen molar-refractivity contribution in [2.75, 3.05) is 11.9 Å². The van der Waals surface area contributed by atoms with Gasteiger partial charge in [0.1, 0.15) is 5.75 Å². The summed E-state index contributed by atoms with van der Waals surface area (Å²) < 4.78 is 0. The van der Waals surface area contributed by atoms with Gasteiger partial charge in [0.2, 0.25) is 0 Å². The van der Waals surface area contributed by atoms with E-state index in [0.717, 1.165) is 16.6 Å². The minimum Gasteiger partial charge on any atom is -0.507 e. The molecule has 0 aliphatic carbocycles. The van der Waals surface area contributed by atoms with Gasteiger partial charge in [0, 0.05) is 29.0 Å². The Bertz CT molecular complexity index is 890. The minimum atomic E-state index is 0.412. The summed E-state index contributed by atoms with van der Waals surface area (Å²) in [6.45, 7) is 6.19. The van der Waals surface area contributed by atoms with Crippen molar-refractivity contribution in [1.29, 1.82) is 0 Å². The molecule has 0 saturated carbocycles. The molecule has 0 aliphatic heterocycles. The van der Waals surface area contributed by atoms with Crippen LogP contribution in [0.2, 0.25) is 0 Å². The molecule has 2 nitrogen and oxygen atoms in total. The summed E-state index contributed by atoms with van der Waals surface area (Å²) in [4.78, 5) is 2.22. The van der Waals surface area contributed by atoms with Crippen molar-refractivity contribution >= 4 is 30.6 Å². The van der Waals surface area contributed by atoms with Gasteiger partial charge in [-0.15, -0.1) is 0 Å². The second-order valence-corrected chi connectivity index (χ2v) is 7.76. The molecular weight excluding hydrogens is 325 g/mol. The van der Waals surface area contributed by atoms with Crippen LogP contribution < -0.4 is 15.5 Å². The van der Waals surface area contributed by atoms with Crippen LogP contribution >= 0.6 is 8.58 Å². The van der Waals surface area contributed by atoms with Gasteiger partial charge in [-0.1, -0.05) is 45.0 Å². The van der Waals surface area contributed by atoms with Crippen LogP contribution in [-0.2, 0) is 0 Å². The van der Waals surface area contributed by atoms with E-state index in [1.165, 1.54) is 22.1 Å². The number of aromatic hydroxyl groups is 1. The van der Waals surface area contributed by atoms with Gasteiger partial charge in [-0.2, -0.15) is 0 Å². The SMILES string of the molecule is Cc1cc(C)c(O)c(Pc2c(C)cccc2N(C)c2ccccc2)c1. The number of rotatable bonds is 4. The van der Waals surface area contributed by atoms with Crippen molar-refractivity contribution in [2.45, 2.75) is 20.8 Å². The number of anilines is 2. The highest BCUT2D eigenvalue weighted by Gasteiger charge is 2.14. The maximum absolute atomic E-state index is 10.5. The number of benzene rings is 3. The topological polar surface area (TPSA) is 23.5 Å². The summed E-state index contributed by atoms with van der Waals surface area (Å²) in [5.41, 5.74) is 5.71.